The van der Waals surface area contributed by atoms with Crippen molar-refractivity contribution in [1.29, 1.82) is 0 Å². The zero-order valence-corrected chi connectivity index (χ0v) is 10.7. The highest BCUT2D eigenvalue weighted by molar-refractivity contribution is 5.59. The standard InChI is InChI=1S/C13H20F2N2/c1-8(13(2,3)4)17-11-6-5-9(16)7-10(11)12(14)15/h5-8,12,17H,16H2,1-4H3. The van der Waals surface area contributed by atoms with Crippen molar-refractivity contribution >= 4 is 11.4 Å². The van der Waals surface area contributed by atoms with E-state index in [1.54, 1.807) is 12.1 Å². The summed E-state index contributed by atoms with van der Waals surface area (Å²) in [4.78, 5) is 0. The second-order valence-electron chi connectivity index (χ2n) is 5.38. The molecule has 0 saturated carbocycles. The molecule has 0 aromatic heterocycles. The highest BCUT2D eigenvalue weighted by Gasteiger charge is 2.22. The Balaban J connectivity index is 2.98. The largest absolute Gasteiger partial charge is 0.399 e. The monoisotopic (exact) mass is 242 g/mol. The molecule has 1 rings (SSSR count). The topological polar surface area (TPSA) is 38.0 Å². The summed E-state index contributed by atoms with van der Waals surface area (Å²) in [5.41, 5.74) is 6.29. The van der Waals surface area contributed by atoms with Crippen LogP contribution >= 0.6 is 0 Å². The average molecular weight is 242 g/mol. The minimum atomic E-state index is -2.52. The number of hydrogen-bond acceptors (Lipinski definition) is 2. The Bertz CT molecular complexity index is 383. The summed E-state index contributed by atoms with van der Waals surface area (Å²) in [6.45, 7) is 8.16. The molecule has 2 nitrogen and oxygen atoms in total. The van der Waals surface area contributed by atoms with Gasteiger partial charge in [0.25, 0.3) is 6.43 Å². The van der Waals surface area contributed by atoms with Crippen molar-refractivity contribution in [2.75, 3.05) is 11.1 Å². The molecule has 17 heavy (non-hydrogen) atoms. The van der Waals surface area contributed by atoms with Gasteiger partial charge >= 0.3 is 0 Å². The van der Waals surface area contributed by atoms with Crippen LogP contribution in [0.1, 0.15) is 39.7 Å². The van der Waals surface area contributed by atoms with E-state index in [4.69, 9.17) is 5.73 Å². The Hall–Kier alpha value is -1.32. The van der Waals surface area contributed by atoms with Crippen LogP contribution in [0.4, 0.5) is 20.2 Å². The van der Waals surface area contributed by atoms with E-state index < -0.39 is 6.43 Å². The van der Waals surface area contributed by atoms with Gasteiger partial charge in [0, 0.05) is 23.0 Å². The molecule has 0 radical (unpaired) electrons. The SMILES string of the molecule is CC(Nc1ccc(N)cc1C(F)F)C(C)(C)C. The number of nitrogens with one attached hydrogen (secondary N) is 1. The van der Waals surface area contributed by atoms with Crippen molar-refractivity contribution in [2.45, 2.75) is 40.2 Å². The fourth-order valence-corrected chi connectivity index (χ4v) is 1.34. The van der Waals surface area contributed by atoms with E-state index in [-0.39, 0.29) is 17.0 Å². The number of halogens is 2. The first-order valence-corrected chi connectivity index (χ1v) is 5.66. The summed E-state index contributed by atoms with van der Waals surface area (Å²) in [6.07, 6.45) is -2.52. The lowest BCUT2D eigenvalue weighted by atomic mass is 9.88. The minimum Gasteiger partial charge on any atom is -0.399 e. The molecule has 0 aliphatic carbocycles. The van der Waals surface area contributed by atoms with Crippen molar-refractivity contribution in [2.24, 2.45) is 5.41 Å². The van der Waals surface area contributed by atoms with Gasteiger partial charge < -0.3 is 11.1 Å². The summed E-state index contributed by atoms with van der Waals surface area (Å²) in [6, 6.07) is 4.65. The third kappa shape index (κ3) is 3.58. The molecule has 1 aromatic rings. The summed E-state index contributed by atoms with van der Waals surface area (Å²) < 4.78 is 25.7. The molecule has 0 fully saturated rings. The lowest BCUT2D eigenvalue weighted by Gasteiger charge is -2.30. The molecule has 0 amide bonds. The van der Waals surface area contributed by atoms with E-state index in [1.165, 1.54) is 6.07 Å². The van der Waals surface area contributed by atoms with Gasteiger partial charge in [-0.25, -0.2) is 8.78 Å². The molecule has 96 valence electrons. The average Bonchev–Trinajstić information content (AvgIpc) is 2.18. The first-order chi connectivity index (χ1) is 7.71. The van der Waals surface area contributed by atoms with Gasteiger partial charge in [0.05, 0.1) is 0 Å². The van der Waals surface area contributed by atoms with Gasteiger partial charge in [-0.15, -0.1) is 0 Å². The van der Waals surface area contributed by atoms with Crippen molar-refractivity contribution in [3.05, 3.63) is 23.8 Å². The molecule has 1 atom stereocenters. The van der Waals surface area contributed by atoms with Crippen LogP contribution in [0.3, 0.4) is 0 Å². The molecule has 0 aliphatic rings. The molecular formula is C13H20F2N2. The number of benzene rings is 1. The van der Waals surface area contributed by atoms with Crippen LogP contribution in [0, 0.1) is 5.41 Å². The Morgan fingerprint density at radius 3 is 2.29 bits per heavy atom. The van der Waals surface area contributed by atoms with Gasteiger partial charge in [0.1, 0.15) is 0 Å². The highest BCUT2D eigenvalue weighted by Crippen LogP contribution is 2.31. The number of hydrogen-bond donors (Lipinski definition) is 2. The Labute approximate surface area is 101 Å². The van der Waals surface area contributed by atoms with Gasteiger partial charge in [0.2, 0.25) is 0 Å². The fraction of sp³-hybridized carbons (Fsp3) is 0.538. The van der Waals surface area contributed by atoms with Crippen molar-refractivity contribution in [3.63, 3.8) is 0 Å². The number of nitrogens with two attached hydrogens (primary N) is 1. The highest BCUT2D eigenvalue weighted by atomic mass is 19.3. The van der Waals surface area contributed by atoms with Crippen LogP contribution in [-0.2, 0) is 0 Å². The third-order valence-electron chi connectivity index (χ3n) is 2.98. The van der Waals surface area contributed by atoms with Crippen LogP contribution in [0.15, 0.2) is 18.2 Å². The lowest BCUT2D eigenvalue weighted by molar-refractivity contribution is 0.152. The van der Waals surface area contributed by atoms with Gasteiger partial charge in [0.15, 0.2) is 0 Å². The van der Waals surface area contributed by atoms with E-state index in [1.807, 2.05) is 6.92 Å². The molecule has 0 spiro atoms. The van der Waals surface area contributed by atoms with Crippen molar-refractivity contribution in [1.82, 2.24) is 0 Å². The van der Waals surface area contributed by atoms with Crippen LogP contribution in [0.5, 0.6) is 0 Å². The Kier molecular flexibility index (Phi) is 3.96. The maximum absolute atomic E-state index is 12.9. The first-order valence-electron chi connectivity index (χ1n) is 5.66. The summed E-state index contributed by atoms with van der Waals surface area (Å²) in [5.74, 6) is 0. The van der Waals surface area contributed by atoms with E-state index in [9.17, 15) is 8.78 Å². The molecule has 1 unspecified atom stereocenters. The second-order valence-corrected chi connectivity index (χ2v) is 5.38. The summed E-state index contributed by atoms with van der Waals surface area (Å²) in [5, 5.41) is 3.12. The normalized spacial score (nSPS) is 13.8. The van der Waals surface area contributed by atoms with Crippen LogP contribution in [0.2, 0.25) is 0 Å². The van der Waals surface area contributed by atoms with E-state index >= 15 is 0 Å². The van der Waals surface area contributed by atoms with E-state index in [0.717, 1.165) is 0 Å². The zero-order chi connectivity index (χ0) is 13.2. The third-order valence-corrected chi connectivity index (χ3v) is 2.98. The predicted octanol–water partition coefficient (Wildman–Crippen LogP) is 4.05. The maximum atomic E-state index is 12.9. The van der Waals surface area contributed by atoms with Crippen LogP contribution in [0.25, 0.3) is 0 Å². The fourth-order valence-electron chi connectivity index (χ4n) is 1.34. The molecule has 0 aliphatic heterocycles. The van der Waals surface area contributed by atoms with Crippen LogP contribution in [-0.4, -0.2) is 6.04 Å². The Morgan fingerprint density at radius 1 is 1.24 bits per heavy atom. The number of rotatable bonds is 3. The first kappa shape index (κ1) is 13.7. The second kappa shape index (κ2) is 4.90. The number of nitrogen functional groups attached to an aromatic ring is 1. The molecular weight excluding hydrogens is 222 g/mol. The molecule has 0 heterocycles. The van der Waals surface area contributed by atoms with Gasteiger partial charge in [-0.2, -0.15) is 0 Å². The van der Waals surface area contributed by atoms with Crippen LogP contribution < -0.4 is 11.1 Å². The smallest absolute Gasteiger partial charge is 0.265 e. The summed E-state index contributed by atoms with van der Waals surface area (Å²) >= 11 is 0. The minimum absolute atomic E-state index is 0.000772. The molecule has 4 heteroatoms. The van der Waals surface area contributed by atoms with E-state index in [2.05, 4.69) is 26.1 Å². The molecule has 1 aromatic carbocycles. The van der Waals surface area contributed by atoms with Gasteiger partial charge in [-0.3, -0.25) is 0 Å². The predicted molar refractivity (Wildman–Crippen MR) is 68.4 cm³/mol. The molecule has 3 N–H and O–H groups in total. The van der Waals surface area contributed by atoms with E-state index in [0.29, 0.717) is 11.4 Å². The zero-order valence-electron chi connectivity index (χ0n) is 10.7. The Morgan fingerprint density at radius 2 is 1.82 bits per heavy atom. The molecule has 0 saturated heterocycles. The lowest BCUT2D eigenvalue weighted by Crippen LogP contribution is -2.31. The van der Waals surface area contributed by atoms with Crippen molar-refractivity contribution < 1.29 is 8.78 Å². The quantitative estimate of drug-likeness (QED) is 0.785. The number of alkyl halides is 2. The van der Waals surface area contributed by atoms with Gasteiger partial charge in [-0.05, 0) is 30.5 Å². The number of anilines is 2. The molecule has 0 bridgehead atoms. The summed E-state index contributed by atoms with van der Waals surface area (Å²) in [7, 11) is 0. The maximum Gasteiger partial charge on any atom is 0.265 e. The van der Waals surface area contributed by atoms with Crippen molar-refractivity contribution in [3.8, 4) is 0 Å². The van der Waals surface area contributed by atoms with Gasteiger partial charge in [-0.1, -0.05) is 20.8 Å².